The van der Waals surface area contributed by atoms with Gasteiger partial charge in [0.25, 0.3) is 0 Å². The molecule has 3 rings (SSSR count). The lowest BCUT2D eigenvalue weighted by Crippen LogP contribution is -2.59. The van der Waals surface area contributed by atoms with Crippen molar-refractivity contribution in [1.82, 2.24) is 0 Å². The molecule has 1 N–H and O–H groups in total. The summed E-state index contributed by atoms with van der Waals surface area (Å²) in [6.45, 7) is 1.74. The van der Waals surface area contributed by atoms with E-state index in [2.05, 4.69) is 0 Å². The molecule has 0 saturated heterocycles. The van der Waals surface area contributed by atoms with Gasteiger partial charge in [0.05, 0.1) is 18.4 Å². The van der Waals surface area contributed by atoms with E-state index in [-0.39, 0.29) is 25.4 Å². The Morgan fingerprint density at radius 2 is 1.70 bits per heavy atom. The summed E-state index contributed by atoms with van der Waals surface area (Å²) < 4.78 is 10.3. The number of ketones is 1. The Kier molecular flexibility index (Phi) is 6.79. The average Bonchev–Trinajstić information content (AvgIpc) is 2.75. The molecule has 0 bridgehead atoms. The van der Waals surface area contributed by atoms with Crippen LogP contribution >= 0.6 is 0 Å². The van der Waals surface area contributed by atoms with Gasteiger partial charge in [0.15, 0.2) is 5.60 Å². The van der Waals surface area contributed by atoms with Gasteiger partial charge in [-0.3, -0.25) is 9.59 Å². The Morgan fingerprint density at radius 1 is 1.07 bits per heavy atom. The van der Waals surface area contributed by atoms with Crippen molar-refractivity contribution in [2.75, 3.05) is 6.61 Å². The Bertz CT molecular complexity index is 921. The number of hydrogen-bond donors (Lipinski definition) is 1. The van der Waals surface area contributed by atoms with Gasteiger partial charge in [0.2, 0.25) is 0 Å². The van der Waals surface area contributed by atoms with Crippen LogP contribution in [0.1, 0.15) is 24.5 Å². The Labute approximate surface area is 175 Å². The summed E-state index contributed by atoms with van der Waals surface area (Å²) in [4.78, 5) is 37.6. The van der Waals surface area contributed by atoms with Gasteiger partial charge in [-0.2, -0.15) is 0 Å². The van der Waals surface area contributed by atoms with E-state index in [0.717, 1.165) is 11.1 Å². The number of carbonyl (C=O) groups is 3. The fraction of sp³-hybridized carbons (Fsp3) is 0.292. The molecule has 0 aliphatic heterocycles. The quantitative estimate of drug-likeness (QED) is 0.676. The second-order valence-corrected chi connectivity index (χ2v) is 7.14. The highest BCUT2D eigenvalue weighted by Crippen LogP contribution is 2.41. The minimum Gasteiger partial charge on any atom is -0.466 e. The van der Waals surface area contributed by atoms with Crippen molar-refractivity contribution in [1.29, 1.82) is 0 Å². The van der Waals surface area contributed by atoms with Crippen LogP contribution in [0.4, 0.5) is 0 Å². The van der Waals surface area contributed by atoms with Crippen molar-refractivity contribution in [2.45, 2.75) is 25.6 Å². The summed E-state index contributed by atoms with van der Waals surface area (Å²) in [5.41, 5.74) is -0.814. The van der Waals surface area contributed by atoms with Gasteiger partial charge >= 0.3 is 11.9 Å². The zero-order valence-corrected chi connectivity index (χ0v) is 16.7. The van der Waals surface area contributed by atoms with Gasteiger partial charge in [-0.1, -0.05) is 66.7 Å². The van der Waals surface area contributed by atoms with Crippen LogP contribution in [-0.2, 0) is 30.5 Å². The van der Waals surface area contributed by atoms with Crippen LogP contribution in [0.3, 0.4) is 0 Å². The lowest BCUT2D eigenvalue weighted by atomic mass is 9.63. The molecular formula is C24H24O6. The lowest BCUT2D eigenvalue weighted by Gasteiger charge is -2.41. The van der Waals surface area contributed by atoms with Crippen LogP contribution in [0, 0.1) is 11.8 Å². The predicted molar refractivity (Wildman–Crippen MR) is 110 cm³/mol. The molecule has 1 saturated carbocycles. The third kappa shape index (κ3) is 4.66. The highest BCUT2D eigenvalue weighted by atomic mass is 16.6. The van der Waals surface area contributed by atoms with Crippen LogP contribution in [0.15, 0.2) is 66.7 Å². The maximum absolute atomic E-state index is 12.9. The highest BCUT2D eigenvalue weighted by molar-refractivity contribution is 6.02. The summed E-state index contributed by atoms with van der Waals surface area (Å²) in [6.07, 6.45) is 2.71. The molecule has 1 aliphatic carbocycles. The first-order valence-electron chi connectivity index (χ1n) is 9.83. The first-order valence-corrected chi connectivity index (χ1v) is 9.83. The van der Waals surface area contributed by atoms with E-state index in [4.69, 9.17) is 9.47 Å². The minimum absolute atomic E-state index is 0.0633. The Hall–Kier alpha value is -3.25. The molecule has 0 spiro atoms. The number of hydrogen-bond acceptors (Lipinski definition) is 6. The molecule has 0 heterocycles. The number of esters is 2. The lowest BCUT2D eigenvalue weighted by molar-refractivity contribution is -0.183. The smallest absolute Gasteiger partial charge is 0.343 e. The molecular weight excluding hydrogens is 384 g/mol. The van der Waals surface area contributed by atoms with E-state index in [0.29, 0.717) is 0 Å². The third-order valence-corrected chi connectivity index (χ3v) is 5.10. The zero-order chi connectivity index (χ0) is 21.6. The van der Waals surface area contributed by atoms with Gasteiger partial charge < -0.3 is 14.6 Å². The molecule has 1 aliphatic rings. The molecule has 0 radical (unpaired) electrons. The van der Waals surface area contributed by atoms with Crippen molar-refractivity contribution >= 4 is 23.8 Å². The predicted octanol–water partition coefficient (Wildman–Crippen LogP) is 2.94. The maximum Gasteiger partial charge on any atom is 0.343 e. The fourth-order valence-corrected chi connectivity index (χ4v) is 3.47. The van der Waals surface area contributed by atoms with Gasteiger partial charge in [0.1, 0.15) is 12.4 Å². The van der Waals surface area contributed by atoms with Crippen LogP contribution in [0.5, 0.6) is 0 Å². The van der Waals surface area contributed by atoms with Crippen LogP contribution < -0.4 is 0 Å². The second-order valence-electron chi connectivity index (χ2n) is 7.14. The zero-order valence-electron chi connectivity index (χ0n) is 16.7. The molecule has 6 nitrogen and oxygen atoms in total. The van der Waals surface area contributed by atoms with E-state index in [1.165, 1.54) is 12.2 Å². The summed E-state index contributed by atoms with van der Waals surface area (Å²) in [6, 6.07) is 18.0. The van der Waals surface area contributed by atoms with Crippen LogP contribution in [0.2, 0.25) is 0 Å². The third-order valence-electron chi connectivity index (χ3n) is 5.10. The number of benzene rings is 2. The molecule has 0 aromatic heterocycles. The molecule has 1 fully saturated rings. The minimum atomic E-state index is -2.28. The van der Waals surface area contributed by atoms with Crippen molar-refractivity contribution in [3.05, 3.63) is 77.9 Å². The number of aliphatic hydroxyl groups is 1. The van der Waals surface area contributed by atoms with Crippen LogP contribution in [0.25, 0.3) is 6.08 Å². The van der Waals surface area contributed by atoms with E-state index >= 15 is 0 Å². The maximum atomic E-state index is 12.9. The van der Waals surface area contributed by atoms with Crippen molar-refractivity contribution < 1.29 is 29.0 Å². The van der Waals surface area contributed by atoms with E-state index < -0.39 is 29.4 Å². The normalized spacial score (nSPS) is 20.3. The summed E-state index contributed by atoms with van der Waals surface area (Å²) in [7, 11) is 0. The van der Waals surface area contributed by atoms with Crippen LogP contribution in [-0.4, -0.2) is 35.0 Å². The fourth-order valence-electron chi connectivity index (χ4n) is 3.47. The topological polar surface area (TPSA) is 89.9 Å². The first-order chi connectivity index (χ1) is 14.5. The average molecular weight is 408 g/mol. The number of Topliss-reactive ketones (excluding diaryl/α,β-unsaturated/α-hetero) is 1. The molecule has 2 aromatic carbocycles. The molecule has 3 atom stereocenters. The largest absolute Gasteiger partial charge is 0.466 e. The van der Waals surface area contributed by atoms with Gasteiger partial charge in [-0.25, -0.2) is 4.79 Å². The van der Waals surface area contributed by atoms with E-state index in [1.54, 1.807) is 43.3 Å². The van der Waals surface area contributed by atoms with Gasteiger partial charge in [-0.15, -0.1) is 0 Å². The SMILES string of the molecule is CCOC(=O)C1CC(=O)C1C(O)(/C=C/c1ccccc1)C(=O)OCc1ccccc1. The van der Waals surface area contributed by atoms with Crippen molar-refractivity contribution in [3.8, 4) is 0 Å². The van der Waals surface area contributed by atoms with Crippen molar-refractivity contribution in [2.24, 2.45) is 11.8 Å². The Balaban J connectivity index is 1.87. The number of rotatable bonds is 8. The van der Waals surface area contributed by atoms with E-state index in [9.17, 15) is 19.5 Å². The first kappa shape index (κ1) is 21.5. The molecule has 3 unspecified atom stereocenters. The second kappa shape index (κ2) is 9.50. The van der Waals surface area contributed by atoms with Gasteiger partial charge in [0, 0.05) is 6.42 Å². The van der Waals surface area contributed by atoms with Gasteiger partial charge in [-0.05, 0) is 24.1 Å². The molecule has 156 valence electrons. The Morgan fingerprint density at radius 3 is 2.30 bits per heavy atom. The molecule has 2 aromatic rings. The standard InChI is InChI=1S/C24H24O6/c1-2-29-22(26)19-15-20(25)21(19)24(28,14-13-17-9-5-3-6-10-17)23(27)30-16-18-11-7-4-8-12-18/h3-14,19,21,28H,2,15-16H2,1H3/b14-13+. The van der Waals surface area contributed by atoms with Crippen molar-refractivity contribution in [3.63, 3.8) is 0 Å². The highest BCUT2D eigenvalue weighted by Gasteiger charge is 2.59. The monoisotopic (exact) mass is 408 g/mol. The molecule has 30 heavy (non-hydrogen) atoms. The van der Waals surface area contributed by atoms with E-state index in [1.807, 2.05) is 24.3 Å². The summed E-state index contributed by atoms with van der Waals surface area (Å²) in [5.74, 6) is -4.12. The molecule has 0 amide bonds. The number of carbonyl (C=O) groups excluding carboxylic acids is 3. The summed E-state index contributed by atoms with van der Waals surface area (Å²) in [5, 5.41) is 11.3. The number of ether oxygens (including phenoxy) is 2. The summed E-state index contributed by atoms with van der Waals surface area (Å²) >= 11 is 0. The molecule has 6 heteroatoms.